The third-order valence-corrected chi connectivity index (χ3v) is 2.15. The maximum absolute atomic E-state index is 5.69. The highest BCUT2D eigenvalue weighted by molar-refractivity contribution is 5.47. The Labute approximate surface area is 97.6 Å². The first-order chi connectivity index (χ1) is 7.59. The van der Waals surface area contributed by atoms with Crippen LogP contribution < -0.4 is 10.5 Å². The third kappa shape index (κ3) is 4.53. The van der Waals surface area contributed by atoms with Gasteiger partial charge in [0.25, 0.3) is 0 Å². The zero-order valence-corrected chi connectivity index (χ0v) is 10.3. The number of hydrogen-bond acceptors (Lipinski definition) is 3. The van der Waals surface area contributed by atoms with E-state index >= 15 is 0 Å². The minimum Gasteiger partial charge on any atom is -0.491 e. The van der Waals surface area contributed by atoms with E-state index in [1.54, 1.807) is 0 Å². The standard InChI is InChI=1S/C13H21NO2/c1-10(2)9-15-6-7-16-13-8-12(14)5-4-11(13)3/h4-5,8,10H,6-7,9,14H2,1-3H3. The normalized spacial score (nSPS) is 10.8. The highest BCUT2D eigenvalue weighted by Crippen LogP contribution is 2.20. The van der Waals surface area contributed by atoms with Crippen molar-refractivity contribution in [2.24, 2.45) is 5.92 Å². The van der Waals surface area contributed by atoms with Gasteiger partial charge in [0.2, 0.25) is 0 Å². The van der Waals surface area contributed by atoms with Gasteiger partial charge in [-0.2, -0.15) is 0 Å². The van der Waals surface area contributed by atoms with Gasteiger partial charge < -0.3 is 15.2 Å². The van der Waals surface area contributed by atoms with Crippen LogP contribution in [0.1, 0.15) is 19.4 Å². The molecule has 0 fully saturated rings. The summed E-state index contributed by atoms with van der Waals surface area (Å²) in [6.45, 7) is 8.22. The fourth-order valence-corrected chi connectivity index (χ4v) is 1.30. The minimum absolute atomic E-state index is 0.564. The van der Waals surface area contributed by atoms with Gasteiger partial charge in [0.1, 0.15) is 12.4 Å². The van der Waals surface area contributed by atoms with Gasteiger partial charge in [0.05, 0.1) is 6.61 Å². The number of rotatable bonds is 6. The van der Waals surface area contributed by atoms with Crippen LogP contribution in [0.5, 0.6) is 5.75 Å². The number of ether oxygens (including phenoxy) is 2. The van der Waals surface area contributed by atoms with E-state index in [0.717, 1.165) is 23.6 Å². The Balaban J connectivity index is 2.29. The number of benzene rings is 1. The molecule has 3 nitrogen and oxygen atoms in total. The van der Waals surface area contributed by atoms with E-state index in [1.807, 2.05) is 25.1 Å². The third-order valence-electron chi connectivity index (χ3n) is 2.15. The summed E-state index contributed by atoms with van der Waals surface area (Å²) >= 11 is 0. The van der Waals surface area contributed by atoms with Crippen LogP contribution in [0.15, 0.2) is 18.2 Å². The maximum Gasteiger partial charge on any atom is 0.124 e. The Morgan fingerprint density at radius 3 is 2.69 bits per heavy atom. The van der Waals surface area contributed by atoms with Crippen molar-refractivity contribution in [1.29, 1.82) is 0 Å². The van der Waals surface area contributed by atoms with Crippen LogP contribution in [0.4, 0.5) is 5.69 Å². The van der Waals surface area contributed by atoms with Gasteiger partial charge in [-0.3, -0.25) is 0 Å². The SMILES string of the molecule is Cc1ccc(N)cc1OCCOCC(C)C. The van der Waals surface area contributed by atoms with Crippen molar-refractivity contribution in [3.63, 3.8) is 0 Å². The van der Waals surface area contributed by atoms with Crippen molar-refractivity contribution in [2.45, 2.75) is 20.8 Å². The van der Waals surface area contributed by atoms with Crippen LogP contribution in [0.25, 0.3) is 0 Å². The van der Waals surface area contributed by atoms with E-state index in [9.17, 15) is 0 Å². The Morgan fingerprint density at radius 1 is 1.25 bits per heavy atom. The van der Waals surface area contributed by atoms with Gasteiger partial charge in [-0.1, -0.05) is 19.9 Å². The summed E-state index contributed by atoms with van der Waals surface area (Å²) in [5.74, 6) is 1.40. The number of nitrogen functional groups attached to an aromatic ring is 1. The molecule has 0 radical (unpaired) electrons. The summed E-state index contributed by atoms with van der Waals surface area (Å²) in [4.78, 5) is 0. The molecule has 1 aromatic carbocycles. The first-order valence-corrected chi connectivity index (χ1v) is 5.66. The molecule has 1 rings (SSSR count). The molecule has 0 aliphatic heterocycles. The molecule has 0 amide bonds. The van der Waals surface area contributed by atoms with Crippen LogP contribution >= 0.6 is 0 Å². The van der Waals surface area contributed by atoms with Gasteiger partial charge in [-0.25, -0.2) is 0 Å². The Kier molecular flexibility index (Phi) is 5.12. The highest BCUT2D eigenvalue weighted by atomic mass is 16.5. The van der Waals surface area contributed by atoms with Crippen molar-refractivity contribution in [1.82, 2.24) is 0 Å². The first kappa shape index (κ1) is 12.8. The van der Waals surface area contributed by atoms with E-state index in [-0.39, 0.29) is 0 Å². The molecule has 0 aliphatic carbocycles. The molecular weight excluding hydrogens is 202 g/mol. The molecule has 0 aliphatic rings. The molecule has 90 valence electrons. The van der Waals surface area contributed by atoms with Crippen molar-refractivity contribution in [3.05, 3.63) is 23.8 Å². The molecule has 0 atom stereocenters. The zero-order valence-electron chi connectivity index (χ0n) is 10.3. The Bertz CT molecular complexity index is 324. The monoisotopic (exact) mass is 223 g/mol. The highest BCUT2D eigenvalue weighted by Gasteiger charge is 2.00. The average molecular weight is 223 g/mol. The molecule has 3 heteroatoms. The summed E-state index contributed by atoms with van der Waals surface area (Å²) in [5, 5.41) is 0. The number of anilines is 1. The first-order valence-electron chi connectivity index (χ1n) is 5.66. The summed E-state index contributed by atoms with van der Waals surface area (Å²) < 4.78 is 11.0. The lowest BCUT2D eigenvalue weighted by atomic mass is 10.2. The Morgan fingerprint density at radius 2 is 2.00 bits per heavy atom. The number of hydrogen-bond donors (Lipinski definition) is 1. The molecular formula is C13H21NO2. The van der Waals surface area contributed by atoms with E-state index in [0.29, 0.717) is 19.1 Å². The maximum atomic E-state index is 5.69. The number of nitrogens with two attached hydrogens (primary N) is 1. The van der Waals surface area contributed by atoms with Crippen LogP contribution in [0, 0.1) is 12.8 Å². The summed E-state index contributed by atoms with van der Waals surface area (Å²) in [7, 11) is 0. The average Bonchev–Trinajstić information content (AvgIpc) is 2.22. The minimum atomic E-state index is 0.564. The molecule has 0 unspecified atom stereocenters. The lowest BCUT2D eigenvalue weighted by molar-refractivity contribution is 0.0817. The molecule has 0 saturated carbocycles. The molecule has 2 N–H and O–H groups in total. The molecule has 1 aromatic rings. The second-order valence-corrected chi connectivity index (χ2v) is 4.34. The molecule has 0 heterocycles. The van der Waals surface area contributed by atoms with Crippen molar-refractivity contribution in [2.75, 3.05) is 25.6 Å². The van der Waals surface area contributed by atoms with Gasteiger partial charge in [-0.05, 0) is 24.5 Å². The summed E-state index contributed by atoms with van der Waals surface area (Å²) in [6.07, 6.45) is 0. The molecule has 0 bridgehead atoms. The molecule has 0 aromatic heterocycles. The van der Waals surface area contributed by atoms with Gasteiger partial charge in [-0.15, -0.1) is 0 Å². The second-order valence-electron chi connectivity index (χ2n) is 4.34. The topological polar surface area (TPSA) is 44.5 Å². The fraction of sp³-hybridized carbons (Fsp3) is 0.538. The lowest BCUT2D eigenvalue weighted by Crippen LogP contribution is -2.10. The largest absolute Gasteiger partial charge is 0.491 e. The van der Waals surface area contributed by atoms with Crippen molar-refractivity contribution >= 4 is 5.69 Å². The van der Waals surface area contributed by atoms with Gasteiger partial charge in [0, 0.05) is 18.4 Å². The van der Waals surface area contributed by atoms with E-state index in [1.165, 1.54) is 0 Å². The van der Waals surface area contributed by atoms with Crippen molar-refractivity contribution in [3.8, 4) is 5.75 Å². The van der Waals surface area contributed by atoms with Crippen molar-refractivity contribution < 1.29 is 9.47 Å². The summed E-state index contributed by atoms with van der Waals surface area (Å²) in [5.41, 5.74) is 7.51. The molecule has 16 heavy (non-hydrogen) atoms. The van der Waals surface area contributed by atoms with Crippen LogP contribution in [0.2, 0.25) is 0 Å². The van der Waals surface area contributed by atoms with E-state index in [2.05, 4.69) is 13.8 Å². The summed E-state index contributed by atoms with van der Waals surface area (Å²) in [6, 6.07) is 5.68. The van der Waals surface area contributed by atoms with E-state index in [4.69, 9.17) is 15.2 Å². The van der Waals surface area contributed by atoms with E-state index < -0.39 is 0 Å². The van der Waals surface area contributed by atoms with Crippen LogP contribution in [-0.4, -0.2) is 19.8 Å². The molecule has 0 spiro atoms. The van der Waals surface area contributed by atoms with Crippen LogP contribution in [-0.2, 0) is 4.74 Å². The Hall–Kier alpha value is -1.22. The molecule has 0 saturated heterocycles. The lowest BCUT2D eigenvalue weighted by Gasteiger charge is -2.11. The zero-order chi connectivity index (χ0) is 12.0. The number of aryl methyl sites for hydroxylation is 1. The van der Waals surface area contributed by atoms with Gasteiger partial charge in [0.15, 0.2) is 0 Å². The smallest absolute Gasteiger partial charge is 0.124 e. The predicted molar refractivity (Wildman–Crippen MR) is 66.7 cm³/mol. The fourth-order valence-electron chi connectivity index (χ4n) is 1.30. The van der Waals surface area contributed by atoms with Crippen LogP contribution in [0.3, 0.4) is 0 Å². The van der Waals surface area contributed by atoms with Gasteiger partial charge >= 0.3 is 0 Å². The predicted octanol–water partition coefficient (Wildman–Crippen LogP) is 2.63. The second kappa shape index (κ2) is 6.38. The quantitative estimate of drug-likeness (QED) is 0.595.